The summed E-state index contributed by atoms with van der Waals surface area (Å²) >= 11 is 0. The standard InChI is InChI=1S/C13H18O5S2/c1-9-3-4-10(2)11(5-9)6-20(17,18)13-8-19(15,16)7-12(13)14/h3-5,12-14H,6-8H2,1-2H3/t12-,13+/m0/s1. The van der Waals surface area contributed by atoms with Gasteiger partial charge in [0.15, 0.2) is 19.7 Å². The molecule has 1 aromatic rings. The maximum atomic E-state index is 12.3. The molecule has 0 aliphatic carbocycles. The molecule has 0 bridgehead atoms. The Bertz CT molecular complexity index is 719. The fourth-order valence-electron chi connectivity index (χ4n) is 2.42. The van der Waals surface area contributed by atoms with E-state index in [1.165, 1.54) is 0 Å². The predicted octanol–water partition coefficient (Wildman–Crippen LogP) is 0.376. The van der Waals surface area contributed by atoms with E-state index in [4.69, 9.17) is 0 Å². The molecule has 5 nitrogen and oxygen atoms in total. The molecule has 0 unspecified atom stereocenters. The molecule has 1 fully saturated rings. The van der Waals surface area contributed by atoms with Gasteiger partial charge < -0.3 is 5.11 Å². The van der Waals surface area contributed by atoms with Crippen LogP contribution in [0.3, 0.4) is 0 Å². The van der Waals surface area contributed by atoms with Crippen LogP contribution >= 0.6 is 0 Å². The number of aliphatic hydroxyl groups is 1. The van der Waals surface area contributed by atoms with Crippen LogP contribution in [0.4, 0.5) is 0 Å². The first-order chi connectivity index (χ1) is 9.11. The highest BCUT2D eigenvalue weighted by atomic mass is 32.2. The Morgan fingerprint density at radius 2 is 1.90 bits per heavy atom. The highest BCUT2D eigenvalue weighted by Gasteiger charge is 2.44. The van der Waals surface area contributed by atoms with Crippen molar-refractivity contribution in [1.29, 1.82) is 0 Å². The second-order valence-corrected chi connectivity index (χ2v) is 9.79. The lowest BCUT2D eigenvalue weighted by molar-refractivity contribution is 0.204. The van der Waals surface area contributed by atoms with E-state index in [1.54, 1.807) is 6.07 Å². The Kier molecular flexibility index (Phi) is 3.96. The van der Waals surface area contributed by atoms with Crippen molar-refractivity contribution in [2.45, 2.75) is 31.0 Å². The van der Waals surface area contributed by atoms with Crippen molar-refractivity contribution in [3.8, 4) is 0 Å². The maximum absolute atomic E-state index is 12.3. The molecule has 20 heavy (non-hydrogen) atoms. The minimum atomic E-state index is -3.70. The van der Waals surface area contributed by atoms with Gasteiger partial charge in [-0.1, -0.05) is 23.8 Å². The Morgan fingerprint density at radius 1 is 1.25 bits per heavy atom. The van der Waals surface area contributed by atoms with E-state index in [0.29, 0.717) is 5.56 Å². The highest BCUT2D eigenvalue weighted by Crippen LogP contribution is 2.24. The van der Waals surface area contributed by atoms with Crippen molar-refractivity contribution in [3.63, 3.8) is 0 Å². The first-order valence-corrected chi connectivity index (χ1v) is 9.80. The topological polar surface area (TPSA) is 88.5 Å². The van der Waals surface area contributed by atoms with Gasteiger partial charge in [-0.05, 0) is 25.0 Å². The molecule has 1 saturated heterocycles. The summed E-state index contributed by atoms with van der Waals surface area (Å²) in [6.45, 7) is 3.68. The summed E-state index contributed by atoms with van der Waals surface area (Å²) in [7, 11) is -7.17. The van der Waals surface area contributed by atoms with E-state index in [1.807, 2.05) is 26.0 Å². The maximum Gasteiger partial charge on any atom is 0.160 e. The van der Waals surface area contributed by atoms with Gasteiger partial charge in [0.1, 0.15) is 5.25 Å². The Labute approximate surface area is 119 Å². The van der Waals surface area contributed by atoms with Gasteiger partial charge in [-0.15, -0.1) is 0 Å². The average Bonchev–Trinajstić information content (AvgIpc) is 2.58. The predicted molar refractivity (Wildman–Crippen MR) is 77.0 cm³/mol. The average molecular weight is 318 g/mol. The molecule has 0 saturated carbocycles. The smallest absolute Gasteiger partial charge is 0.160 e. The number of sulfone groups is 2. The SMILES string of the molecule is Cc1ccc(C)c(CS(=O)(=O)[C@@H]2CS(=O)(=O)C[C@@H]2O)c1. The Balaban J connectivity index is 2.30. The van der Waals surface area contributed by atoms with Gasteiger partial charge >= 0.3 is 0 Å². The Hall–Kier alpha value is -0.920. The lowest BCUT2D eigenvalue weighted by atomic mass is 10.1. The number of rotatable bonds is 3. The molecular weight excluding hydrogens is 300 g/mol. The summed E-state index contributed by atoms with van der Waals surface area (Å²) < 4.78 is 47.6. The van der Waals surface area contributed by atoms with Crippen molar-refractivity contribution < 1.29 is 21.9 Å². The number of hydrogen-bond acceptors (Lipinski definition) is 5. The van der Waals surface area contributed by atoms with Crippen LogP contribution in [0.5, 0.6) is 0 Å². The van der Waals surface area contributed by atoms with Crippen LogP contribution in [0.2, 0.25) is 0 Å². The first-order valence-electron chi connectivity index (χ1n) is 6.27. The summed E-state index contributed by atoms with van der Waals surface area (Å²) in [6.07, 6.45) is -1.32. The fourth-order valence-corrected chi connectivity index (χ4v) is 7.14. The third kappa shape index (κ3) is 3.21. The molecule has 7 heteroatoms. The van der Waals surface area contributed by atoms with E-state index < -0.39 is 42.5 Å². The summed E-state index contributed by atoms with van der Waals surface area (Å²) in [4.78, 5) is 0. The van der Waals surface area contributed by atoms with Gasteiger partial charge in [-0.25, -0.2) is 16.8 Å². The van der Waals surface area contributed by atoms with Gasteiger partial charge in [-0.3, -0.25) is 0 Å². The molecule has 2 atom stereocenters. The van der Waals surface area contributed by atoms with Gasteiger partial charge in [0.25, 0.3) is 0 Å². The van der Waals surface area contributed by atoms with Gasteiger partial charge in [0, 0.05) is 0 Å². The third-order valence-electron chi connectivity index (χ3n) is 3.59. The number of aliphatic hydroxyl groups excluding tert-OH is 1. The molecule has 1 aliphatic heterocycles. The molecule has 0 radical (unpaired) electrons. The van der Waals surface area contributed by atoms with Crippen LogP contribution in [0.1, 0.15) is 16.7 Å². The molecule has 1 aliphatic rings. The molecule has 112 valence electrons. The van der Waals surface area contributed by atoms with Crippen LogP contribution < -0.4 is 0 Å². The first kappa shape index (κ1) is 15.5. The monoisotopic (exact) mass is 318 g/mol. The molecule has 1 N–H and O–H groups in total. The molecule has 0 spiro atoms. The van der Waals surface area contributed by atoms with Crippen LogP contribution in [-0.4, -0.2) is 44.8 Å². The van der Waals surface area contributed by atoms with Crippen molar-refractivity contribution in [3.05, 3.63) is 34.9 Å². The second-order valence-electron chi connectivity index (χ2n) is 5.42. The summed E-state index contributed by atoms with van der Waals surface area (Å²) in [5.74, 6) is -1.19. The number of hydrogen-bond donors (Lipinski definition) is 1. The number of benzene rings is 1. The molecule has 1 aromatic carbocycles. The van der Waals surface area contributed by atoms with Crippen LogP contribution in [0.25, 0.3) is 0 Å². The van der Waals surface area contributed by atoms with E-state index in [0.717, 1.165) is 11.1 Å². The zero-order valence-corrected chi connectivity index (χ0v) is 13.0. The summed E-state index contributed by atoms with van der Waals surface area (Å²) in [5.41, 5.74) is 2.44. The van der Waals surface area contributed by atoms with Gasteiger partial charge in [0.2, 0.25) is 0 Å². The minimum Gasteiger partial charge on any atom is -0.391 e. The Morgan fingerprint density at radius 3 is 2.45 bits per heavy atom. The van der Waals surface area contributed by atoms with E-state index >= 15 is 0 Å². The number of aryl methyl sites for hydroxylation is 2. The van der Waals surface area contributed by atoms with Gasteiger partial charge in [0.05, 0.1) is 23.4 Å². The van der Waals surface area contributed by atoms with Crippen molar-refractivity contribution in [2.75, 3.05) is 11.5 Å². The minimum absolute atomic E-state index is 0.238. The molecule has 2 rings (SSSR count). The van der Waals surface area contributed by atoms with Crippen LogP contribution in [0.15, 0.2) is 18.2 Å². The normalized spacial score (nSPS) is 25.8. The summed E-state index contributed by atoms with van der Waals surface area (Å²) in [5, 5.41) is 8.49. The van der Waals surface area contributed by atoms with E-state index in [9.17, 15) is 21.9 Å². The van der Waals surface area contributed by atoms with E-state index in [2.05, 4.69) is 0 Å². The lowest BCUT2D eigenvalue weighted by Gasteiger charge is -2.15. The molecule has 1 heterocycles. The molecule has 0 amide bonds. The quantitative estimate of drug-likeness (QED) is 0.870. The summed E-state index contributed by atoms with van der Waals surface area (Å²) in [6, 6.07) is 5.51. The third-order valence-corrected chi connectivity index (χ3v) is 7.64. The van der Waals surface area contributed by atoms with Crippen LogP contribution in [0, 0.1) is 13.8 Å². The highest BCUT2D eigenvalue weighted by molar-refractivity contribution is 7.96. The largest absolute Gasteiger partial charge is 0.391 e. The van der Waals surface area contributed by atoms with Crippen molar-refractivity contribution in [1.82, 2.24) is 0 Å². The molecule has 0 aromatic heterocycles. The fraction of sp³-hybridized carbons (Fsp3) is 0.538. The molecular formula is C13H18O5S2. The second kappa shape index (κ2) is 5.13. The zero-order chi connectivity index (χ0) is 15.1. The van der Waals surface area contributed by atoms with Crippen molar-refractivity contribution in [2.24, 2.45) is 0 Å². The zero-order valence-electron chi connectivity index (χ0n) is 11.4. The van der Waals surface area contributed by atoms with Crippen LogP contribution in [-0.2, 0) is 25.4 Å². The van der Waals surface area contributed by atoms with Gasteiger partial charge in [-0.2, -0.15) is 0 Å². The lowest BCUT2D eigenvalue weighted by Crippen LogP contribution is -2.33. The van der Waals surface area contributed by atoms with Crippen molar-refractivity contribution >= 4 is 19.7 Å². The van der Waals surface area contributed by atoms with E-state index in [-0.39, 0.29) is 5.75 Å².